The zero-order valence-electron chi connectivity index (χ0n) is 19.7. The van der Waals surface area contributed by atoms with E-state index in [1.807, 2.05) is 38.7 Å². The van der Waals surface area contributed by atoms with Crippen LogP contribution < -0.4 is 10.2 Å². The lowest BCUT2D eigenvalue weighted by atomic mass is 10.1. The number of carbonyl (C=O) groups is 1. The average Bonchev–Trinajstić information content (AvgIpc) is 3.12. The summed E-state index contributed by atoms with van der Waals surface area (Å²) in [6.07, 6.45) is -3.26. The van der Waals surface area contributed by atoms with E-state index in [9.17, 15) is 18.0 Å². The smallest absolute Gasteiger partial charge is 0.416 e. The number of hydrogen-bond acceptors (Lipinski definition) is 7. The summed E-state index contributed by atoms with van der Waals surface area (Å²) in [4.78, 5) is 23.1. The second kappa shape index (κ2) is 10.1. The Morgan fingerprint density at radius 3 is 2.41 bits per heavy atom. The van der Waals surface area contributed by atoms with Gasteiger partial charge < -0.3 is 15.0 Å². The number of alkyl halides is 3. The molecule has 0 aliphatic heterocycles. The van der Waals surface area contributed by atoms with Crippen LogP contribution in [-0.4, -0.2) is 45.4 Å². The zero-order chi connectivity index (χ0) is 25.0. The maximum absolute atomic E-state index is 13.5. The molecule has 0 fully saturated rings. The molecule has 0 amide bonds. The third kappa shape index (κ3) is 5.29. The van der Waals surface area contributed by atoms with Crippen molar-refractivity contribution in [2.45, 2.75) is 40.8 Å². The molecule has 0 unspecified atom stereocenters. The topological polar surface area (TPSA) is 85.2 Å². The molecule has 0 bridgehead atoms. The number of esters is 1. The first-order valence-electron chi connectivity index (χ1n) is 10.9. The molecule has 0 saturated heterocycles. The van der Waals surface area contributed by atoms with E-state index in [1.54, 1.807) is 6.92 Å². The van der Waals surface area contributed by atoms with E-state index in [0.717, 1.165) is 23.5 Å². The number of aromatic nitrogens is 4. The van der Waals surface area contributed by atoms with Crippen LogP contribution in [0.1, 0.15) is 48.1 Å². The molecule has 0 spiro atoms. The van der Waals surface area contributed by atoms with Crippen LogP contribution in [0.5, 0.6) is 0 Å². The minimum Gasteiger partial charge on any atom is -0.462 e. The second-order valence-electron chi connectivity index (χ2n) is 7.52. The SMILES string of the molecule is CCOC(=O)c1cnc(-n2nc(C)cc2C)nc1Nc1cc(C(F)(F)F)ccc1N(CC)CC. The Hall–Kier alpha value is -3.63. The van der Waals surface area contributed by atoms with Crippen molar-refractivity contribution >= 4 is 23.2 Å². The quantitative estimate of drug-likeness (QED) is 0.455. The van der Waals surface area contributed by atoms with Gasteiger partial charge in [-0.3, -0.25) is 0 Å². The summed E-state index contributed by atoms with van der Waals surface area (Å²) >= 11 is 0. The number of anilines is 3. The van der Waals surface area contributed by atoms with Crippen LogP contribution in [0.2, 0.25) is 0 Å². The summed E-state index contributed by atoms with van der Waals surface area (Å²) < 4.78 is 47.1. The minimum atomic E-state index is -4.54. The second-order valence-corrected chi connectivity index (χ2v) is 7.52. The molecule has 0 saturated carbocycles. The molecule has 0 atom stereocenters. The van der Waals surface area contributed by atoms with Crippen molar-refractivity contribution in [3.8, 4) is 5.95 Å². The Labute approximate surface area is 195 Å². The minimum absolute atomic E-state index is 0.00459. The zero-order valence-corrected chi connectivity index (χ0v) is 19.7. The van der Waals surface area contributed by atoms with Crippen molar-refractivity contribution in [2.75, 3.05) is 29.9 Å². The van der Waals surface area contributed by atoms with Crippen molar-refractivity contribution in [1.29, 1.82) is 0 Å². The van der Waals surface area contributed by atoms with Gasteiger partial charge in [-0.2, -0.15) is 23.3 Å². The lowest BCUT2D eigenvalue weighted by Crippen LogP contribution is -2.23. The number of nitrogens with one attached hydrogen (secondary N) is 1. The van der Waals surface area contributed by atoms with Gasteiger partial charge in [-0.25, -0.2) is 14.5 Å². The van der Waals surface area contributed by atoms with Gasteiger partial charge >= 0.3 is 12.1 Å². The van der Waals surface area contributed by atoms with Gasteiger partial charge in [0.25, 0.3) is 5.95 Å². The van der Waals surface area contributed by atoms with Gasteiger partial charge in [0, 0.05) is 25.0 Å². The molecule has 0 aliphatic rings. The fourth-order valence-electron chi connectivity index (χ4n) is 3.54. The lowest BCUT2D eigenvalue weighted by molar-refractivity contribution is -0.137. The highest BCUT2D eigenvalue weighted by molar-refractivity contribution is 5.95. The Morgan fingerprint density at radius 1 is 1.15 bits per heavy atom. The largest absolute Gasteiger partial charge is 0.462 e. The predicted octanol–water partition coefficient (Wildman–Crippen LogP) is 5.06. The molecule has 3 aromatic rings. The van der Waals surface area contributed by atoms with Crippen LogP contribution in [0.4, 0.5) is 30.4 Å². The van der Waals surface area contributed by atoms with Crippen LogP contribution in [-0.2, 0) is 10.9 Å². The number of aryl methyl sites for hydroxylation is 2. The third-order valence-corrected chi connectivity index (χ3v) is 5.15. The van der Waals surface area contributed by atoms with Gasteiger partial charge in [-0.1, -0.05) is 0 Å². The molecule has 0 aliphatic carbocycles. The Kier molecular flexibility index (Phi) is 7.43. The number of carbonyl (C=O) groups excluding carboxylic acids is 1. The van der Waals surface area contributed by atoms with Crippen molar-refractivity contribution in [1.82, 2.24) is 19.7 Å². The van der Waals surface area contributed by atoms with E-state index in [2.05, 4.69) is 20.4 Å². The molecule has 1 N–H and O–H groups in total. The van der Waals surface area contributed by atoms with Gasteiger partial charge in [0.2, 0.25) is 0 Å². The maximum atomic E-state index is 13.5. The van der Waals surface area contributed by atoms with Crippen molar-refractivity contribution in [3.63, 3.8) is 0 Å². The summed E-state index contributed by atoms with van der Waals surface area (Å²) in [5.74, 6) is -0.512. The van der Waals surface area contributed by atoms with E-state index >= 15 is 0 Å². The van der Waals surface area contributed by atoms with Gasteiger partial charge in [0.15, 0.2) is 5.82 Å². The molecule has 8 nitrogen and oxygen atoms in total. The summed E-state index contributed by atoms with van der Waals surface area (Å²) in [5.41, 5.74) is 1.37. The average molecular weight is 477 g/mol. The summed E-state index contributed by atoms with van der Waals surface area (Å²) in [6, 6.07) is 5.28. The monoisotopic (exact) mass is 476 g/mol. The molecule has 2 aromatic heterocycles. The molecule has 2 heterocycles. The fourth-order valence-corrected chi connectivity index (χ4v) is 3.54. The molecule has 34 heavy (non-hydrogen) atoms. The standard InChI is InChI=1S/C23H27F3N6O2/c1-6-31(7-2)19-10-9-16(23(24,25)26)12-18(19)28-20-17(21(33)34-8-3)13-27-22(29-20)32-15(5)11-14(4)30-32/h9-13H,6-8H2,1-5H3,(H,27,28,29). The van der Waals surface area contributed by atoms with E-state index in [-0.39, 0.29) is 29.6 Å². The number of nitrogens with zero attached hydrogens (tertiary/aromatic N) is 5. The van der Waals surface area contributed by atoms with Crippen molar-refractivity contribution in [3.05, 3.63) is 53.0 Å². The molecular formula is C23H27F3N6O2. The van der Waals surface area contributed by atoms with E-state index in [4.69, 9.17) is 4.74 Å². The lowest BCUT2D eigenvalue weighted by Gasteiger charge is -2.25. The molecule has 182 valence electrons. The van der Waals surface area contributed by atoms with Crippen molar-refractivity contribution < 1.29 is 22.7 Å². The van der Waals surface area contributed by atoms with Crippen molar-refractivity contribution in [2.24, 2.45) is 0 Å². The van der Waals surface area contributed by atoms with Crippen LogP contribution >= 0.6 is 0 Å². The first-order valence-corrected chi connectivity index (χ1v) is 10.9. The number of hydrogen-bond donors (Lipinski definition) is 1. The van der Waals surface area contributed by atoms with Gasteiger partial charge in [-0.05, 0) is 58.9 Å². The highest BCUT2D eigenvalue weighted by Crippen LogP contribution is 2.37. The Bertz CT molecular complexity index is 1170. The van der Waals surface area contributed by atoms with E-state index in [1.165, 1.54) is 16.9 Å². The number of ether oxygens (including phenoxy) is 1. The first-order chi connectivity index (χ1) is 16.1. The Balaban J connectivity index is 2.18. The highest BCUT2D eigenvalue weighted by atomic mass is 19.4. The predicted molar refractivity (Wildman–Crippen MR) is 123 cm³/mol. The summed E-state index contributed by atoms with van der Waals surface area (Å²) in [7, 11) is 0. The Morgan fingerprint density at radius 2 is 1.85 bits per heavy atom. The normalized spacial score (nSPS) is 11.4. The molecular weight excluding hydrogens is 449 g/mol. The van der Waals surface area contributed by atoms with Gasteiger partial charge in [0.1, 0.15) is 5.56 Å². The maximum Gasteiger partial charge on any atom is 0.416 e. The highest BCUT2D eigenvalue weighted by Gasteiger charge is 2.32. The summed E-state index contributed by atoms with van der Waals surface area (Å²) in [5, 5.41) is 7.29. The van der Waals surface area contributed by atoms with Crippen LogP contribution in [0, 0.1) is 13.8 Å². The van der Waals surface area contributed by atoms with Crippen LogP contribution in [0.3, 0.4) is 0 Å². The molecule has 3 rings (SSSR count). The van der Waals surface area contributed by atoms with Crippen LogP contribution in [0.25, 0.3) is 5.95 Å². The number of rotatable bonds is 8. The molecule has 11 heteroatoms. The van der Waals surface area contributed by atoms with E-state index in [0.29, 0.717) is 18.8 Å². The fraction of sp³-hybridized carbons (Fsp3) is 0.391. The van der Waals surface area contributed by atoms with Gasteiger partial charge in [0.05, 0.1) is 29.2 Å². The number of halogens is 3. The van der Waals surface area contributed by atoms with Gasteiger partial charge in [-0.15, -0.1) is 0 Å². The van der Waals surface area contributed by atoms with Crippen LogP contribution in [0.15, 0.2) is 30.5 Å². The van der Waals surface area contributed by atoms with E-state index < -0.39 is 17.7 Å². The molecule has 0 radical (unpaired) electrons. The summed E-state index contributed by atoms with van der Waals surface area (Å²) in [6.45, 7) is 10.4. The molecule has 1 aromatic carbocycles. The number of benzene rings is 1. The first kappa shape index (κ1) is 25.0. The third-order valence-electron chi connectivity index (χ3n) is 5.15.